The third kappa shape index (κ3) is 0.720. The summed E-state index contributed by atoms with van der Waals surface area (Å²) in [5, 5.41) is 0. The summed E-state index contributed by atoms with van der Waals surface area (Å²) in [5.41, 5.74) is 0.628. The van der Waals surface area contributed by atoms with Crippen molar-refractivity contribution in [2.45, 2.75) is 39.5 Å². The molecule has 2 saturated carbocycles. The lowest BCUT2D eigenvalue weighted by Crippen LogP contribution is -2.17. The third-order valence-corrected chi connectivity index (χ3v) is 3.15. The molecule has 0 N–H and O–H groups in total. The summed E-state index contributed by atoms with van der Waals surface area (Å²) in [4.78, 5) is 0. The summed E-state index contributed by atoms with van der Waals surface area (Å²) in [5.74, 6) is 2.93. The van der Waals surface area contributed by atoms with Gasteiger partial charge in [-0.1, -0.05) is 13.8 Å². The van der Waals surface area contributed by atoms with Crippen LogP contribution in [0.3, 0.4) is 0 Å². The summed E-state index contributed by atoms with van der Waals surface area (Å²) in [7, 11) is 0. The zero-order chi connectivity index (χ0) is 6.48. The van der Waals surface area contributed by atoms with Crippen LogP contribution in [0.5, 0.6) is 0 Å². The van der Waals surface area contributed by atoms with Gasteiger partial charge < -0.3 is 0 Å². The van der Waals surface area contributed by atoms with Gasteiger partial charge in [0.25, 0.3) is 0 Å². The quantitative estimate of drug-likeness (QED) is 0.464. The Bertz CT molecular complexity index is 124. The van der Waals surface area contributed by atoms with E-state index < -0.39 is 0 Å². The number of hydrogen-bond donors (Lipinski definition) is 0. The maximum absolute atomic E-state index is 2.40. The maximum atomic E-state index is 2.40. The molecule has 0 heterocycles. The van der Waals surface area contributed by atoms with Crippen molar-refractivity contribution in [2.75, 3.05) is 0 Å². The van der Waals surface area contributed by atoms with E-state index in [4.69, 9.17) is 0 Å². The van der Waals surface area contributed by atoms with E-state index >= 15 is 0 Å². The van der Waals surface area contributed by atoms with Gasteiger partial charge in [-0.25, -0.2) is 0 Å². The Morgan fingerprint density at radius 2 is 2.22 bits per heavy atom. The molecule has 0 amide bonds. The van der Waals surface area contributed by atoms with E-state index in [1.165, 1.54) is 25.7 Å². The molecule has 0 aromatic rings. The fraction of sp³-hybridized carbons (Fsp3) is 0.889. The summed E-state index contributed by atoms with van der Waals surface area (Å²) in [6.45, 7) is 4.81. The van der Waals surface area contributed by atoms with Crippen molar-refractivity contribution in [3.63, 3.8) is 0 Å². The minimum Gasteiger partial charge on any atom is -0.0593 e. The van der Waals surface area contributed by atoms with E-state index in [2.05, 4.69) is 13.8 Å². The second-order valence-electron chi connectivity index (χ2n) is 4.30. The van der Waals surface area contributed by atoms with Crippen LogP contribution in [0.15, 0.2) is 0 Å². The highest BCUT2D eigenvalue weighted by Gasteiger charge is 2.44. The molecule has 0 aliphatic heterocycles. The third-order valence-electron chi connectivity index (χ3n) is 3.15. The molecule has 1 radical (unpaired) electrons. The normalized spacial score (nSPS) is 40.0. The fourth-order valence-electron chi connectivity index (χ4n) is 2.59. The van der Waals surface area contributed by atoms with E-state index in [1.807, 2.05) is 5.92 Å². The van der Waals surface area contributed by atoms with Gasteiger partial charge in [0.1, 0.15) is 0 Å². The first-order chi connectivity index (χ1) is 4.18. The van der Waals surface area contributed by atoms with Crippen molar-refractivity contribution < 1.29 is 0 Å². The molecule has 0 heteroatoms. The minimum absolute atomic E-state index is 0.628. The van der Waals surface area contributed by atoms with Crippen LogP contribution in [-0.4, -0.2) is 0 Å². The summed E-state index contributed by atoms with van der Waals surface area (Å²) < 4.78 is 0. The van der Waals surface area contributed by atoms with Crippen molar-refractivity contribution >= 4 is 0 Å². The molecule has 2 aliphatic rings. The molecule has 2 aliphatic carbocycles. The first-order valence-corrected chi connectivity index (χ1v) is 4.04. The van der Waals surface area contributed by atoms with Crippen molar-refractivity contribution in [1.29, 1.82) is 0 Å². The Balaban J connectivity index is 2.18. The van der Waals surface area contributed by atoms with Crippen LogP contribution in [0.2, 0.25) is 0 Å². The molecule has 2 fully saturated rings. The van der Waals surface area contributed by atoms with E-state index in [-0.39, 0.29) is 0 Å². The van der Waals surface area contributed by atoms with Gasteiger partial charge in [-0.3, -0.25) is 0 Å². The lowest BCUT2D eigenvalue weighted by molar-refractivity contribution is 0.320. The molecule has 1 unspecified atom stereocenters. The van der Waals surface area contributed by atoms with Gasteiger partial charge in [0.15, 0.2) is 0 Å². The van der Waals surface area contributed by atoms with Gasteiger partial charge >= 0.3 is 0 Å². The predicted molar refractivity (Wildman–Crippen MR) is 39.0 cm³/mol. The maximum Gasteiger partial charge on any atom is -0.0182 e. The van der Waals surface area contributed by atoms with E-state index in [1.54, 1.807) is 0 Å². The molecule has 0 spiro atoms. The van der Waals surface area contributed by atoms with Crippen LogP contribution in [0, 0.1) is 17.3 Å². The average molecular weight is 123 g/mol. The Labute approximate surface area is 57.6 Å². The molecule has 0 saturated heterocycles. The van der Waals surface area contributed by atoms with Gasteiger partial charge in [0.05, 0.1) is 0 Å². The van der Waals surface area contributed by atoms with Crippen LogP contribution in [-0.2, 0) is 0 Å². The Kier molecular flexibility index (Phi) is 0.980. The Morgan fingerprint density at radius 1 is 1.44 bits per heavy atom. The summed E-state index contributed by atoms with van der Waals surface area (Å²) in [6, 6.07) is 0. The van der Waals surface area contributed by atoms with E-state index in [0.717, 1.165) is 5.92 Å². The molecule has 51 valence electrons. The van der Waals surface area contributed by atoms with Crippen LogP contribution < -0.4 is 0 Å². The summed E-state index contributed by atoms with van der Waals surface area (Å²) in [6.07, 6.45) is 5.88. The molecular weight excluding hydrogens is 108 g/mol. The first kappa shape index (κ1) is 5.76. The highest BCUT2D eigenvalue weighted by molar-refractivity contribution is 5.15. The van der Waals surface area contributed by atoms with Crippen LogP contribution in [0.1, 0.15) is 39.5 Å². The van der Waals surface area contributed by atoms with Crippen LogP contribution in [0.25, 0.3) is 0 Å². The van der Waals surface area contributed by atoms with Crippen LogP contribution in [0.4, 0.5) is 0 Å². The smallest absolute Gasteiger partial charge is 0.0182 e. The molecule has 9 heavy (non-hydrogen) atoms. The number of fused-ring (bicyclic) bond motifs is 2. The topological polar surface area (TPSA) is 0 Å². The molecule has 2 rings (SSSR count). The molecule has 0 aromatic carbocycles. The molecule has 2 bridgehead atoms. The van der Waals surface area contributed by atoms with Gasteiger partial charge in [0, 0.05) is 0 Å². The van der Waals surface area contributed by atoms with E-state index in [9.17, 15) is 0 Å². The SMILES string of the molecule is CC1(C)CC2CC[C]1C2. The van der Waals surface area contributed by atoms with Crippen molar-refractivity contribution in [1.82, 2.24) is 0 Å². The van der Waals surface area contributed by atoms with Gasteiger partial charge in [-0.15, -0.1) is 0 Å². The van der Waals surface area contributed by atoms with Crippen LogP contribution >= 0.6 is 0 Å². The standard InChI is InChI=1S/C9H15/c1-9(2)6-7-3-4-8(9)5-7/h7H,3-6H2,1-2H3. The second-order valence-corrected chi connectivity index (χ2v) is 4.30. The predicted octanol–water partition coefficient (Wildman–Crippen LogP) is 2.79. The van der Waals surface area contributed by atoms with E-state index in [0.29, 0.717) is 5.41 Å². The van der Waals surface area contributed by atoms with Gasteiger partial charge in [0.2, 0.25) is 0 Å². The average Bonchev–Trinajstić information content (AvgIpc) is 2.19. The monoisotopic (exact) mass is 123 g/mol. The fourth-order valence-corrected chi connectivity index (χ4v) is 2.59. The molecule has 0 aromatic heterocycles. The van der Waals surface area contributed by atoms with Crippen molar-refractivity contribution in [3.8, 4) is 0 Å². The number of hydrogen-bond acceptors (Lipinski definition) is 0. The zero-order valence-corrected chi connectivity index (χ0v) is 6.41. The largest absolute Gasteiger partial charge is 0.0593 e. The van der Waals surface area contributed by atoms with Gasteiger partial charge in [-0.2, -0.15) is 0 Å². The molecular formula is C9H15. The second kappa shape index (κ2) is 1.53. The van der Waals surface area contributed by atoms with Gasteiger partial charge in [-0.05, 0) is 42.9 Å². The van der Waals surface area contributed by atoms with Crippen molar-refractivity contribution in [3.05, 3.63) is 5.92 Å². The summed E-state index contributed by atoms with van der Waals surface area (Å²) >= 11 is 0. The molecule has 0 nitrogen and oxygen atoms in total. The minimum atomic E-state index is 0.628. The van der Waals surface area contributed by atoms with Crippen molar-refractivity contribution in [2.24, 2.45) is 11.3 Å². The lowest BCUT2D eigenvalue weighted by atomic mass is 9.77. The Hall–Kier alpha value is 0. The molecule has 1 atom stereocenters. The lowest BCUT2D eigenvalue weighted by Gasteiger charge is -2.28. The zero-order valence-electron chi connectivity index (χ0n) is 6.41. The number of rotatable bonds is 0. The highest BCUT2D eigenvalue weighted by atomic mass is 14.5. The highest BCUT2D eigenvalue weighted by Crippen LogP contribution is 2.56. The first-order valence-electron chi connectivity index (χ1n) is 4.04. The Morgan fingerprint density at radius 3 is 2.44 bits per heavy atom.